The third-order valence-corrected chi connectivity index (χ3v) is 2.73. The molecule has 0 saturated carbocycles. The van der Waals surface area contributed by atoms with Gasteiger partial charge in [0.2, 0.25) is 0 Å². The van der Waals surface area contributed by atoms with Gasteiger partial charge in [-0.25, -0.2) is 0 Å². The molecule has 0 aromatic heterocycles. The molecule has 0 unspecified atom stereocenters. The number of allylic oxidation sites excluding steroid dienone is 2. The van der Waals surface area contributed by atoms with Crippen molar-refractivity contribution < 1.29 is 4.79 Å². The number of carbonyl (C=O) groups is 1. The summed E-state index contributed by atoms with van der Waals surface area (Å²) in [5.41, 5.74) is 11.9. The predicted molar refractivity (Wildman–Crippen MR) is 73.7 cm³/mol. The fraction of sp³-hybridized carbons (Fsp3) is 0.786. The molecule has 0 bridgehead atoms. The predicted octanol–water partition coefficient (Wildman–Crippen LogP) is 2.40. The Hall–Kier alpha value is -0.670. The van der Waals surface area contributed by atoms with Gasteiger partial charge in [0.1, 0.15) is 0 Å². The molecule has 0 radical (unpaired) electrons. The summed E-state index contributed by atoms with van der Waals surface area (Å²) >= 11 is 0. The van der Waals surface area contributed by atoms with Crippen molar-refractivity contribution in [2.45, 2.75) is 52.9 Å². The maximum Gasteiger partial charge on any atom is 0.156 e. The van der Waals surface area contributed by atoms with Crippen LogP contribution in [0.2, 0.25) is 0 Å². The average Bonchev–Trinajstić information content (AvgIpc) is 2.15. The van der Waals surface area contributed by atoms with Crippen molar-refractivity contribution in [1.82, 2.24) is 0 Å². The molecule has 3 nitrogen and oxygen atoms in total. The van der Waals surface area contributed by atoms with E-state index < -0.39 is 0 Å². The van der Waals surface area contributed by atoms with Gasteiger partial charge in [0.05, 0.1) is 0 Å². The first-order valence-electron chi connectivity index (χ1n) is 6.51. The van der Waals surface area contributed by atoms with Crippen LogP contribution in [0, 0.1) is 5.41 Å². The minimum Gasteiger partial charge on any atom is -0.330 e. The van der Waals surface area contributed by atoms with Crippen LogP contribution in [-0.4, -0.2) is 18.9 Å². The zero-order valence-electron chi connectivity index (χ0n) is 11.6. The van der Waals surface area contributed by atoms with E-state index in [9.17, 15) is 4.79 Å². The third kappa shape index (κ3) is 9.07. The zero-order chi connectivity index (χ0) is 13.3. The van der Waals surface area contributed by atoms with Crippen LogP contribution in [0.5, 0.6) is 0 Å². The summed E-state index contributed by atoms with van der Waals surface area (Å²) in [5, 5.41) is 0. The van der Waals surface area contributed by atoms with Crippen molar-refractivity contribution in [3.05, 3.63) is 11.6 Å². The fourth-order valence-corrected chi connectivity index (χ4v) is 2.13. The molecule has 0 fully saturated rings. The van der Waals surface area contributed by atoms with Gasteiger partial charge >= 0.3 is 0 Å². The first-order valence-corrected chi connectivity index (χ1v) is 6.51. The van der Waals surface area contributed by atoms with Gasteiger partial charge in [-0.3, -0.25) is 4.79 Å². The Morgan fingerprint density at radius 3 is 2.00 bits per heavy atom. The Balaban J connectivity index is 0.000000325. The molecule has 3 heteroatoms. The van der Waals surface area contributed by atoms with E-state index in [0.717, 1.165) is 32.4 Å². The largest absolute Gasteiger partial charge is 0.330 e. The lowest BCUT2D eigenvalue weighted by atomic mass is 9.77. The fourth-order valence-electron chi connectivity index (χ4n) is 2.13. The molecular formula is C14H28N2O. The highest BCUT2D eigenvalue weighted by molar-refractivity contribution is 5.91. The van der Waals surface area contributed by atoms with Crippen LogP contribution in [0.15, 0.2) is 11.6 Å². The minimum absolute atomic E-state index is 0.204. The highest BCUT2D eigenvalue weighted by Crippen LogP contribution is 2.32. The zero-order valence-corrected chi connectivity index (χ0v) is 11.6. The molecule has 0 spiro atoms. The Labute approximate surface area is 106 Å². The molecule has 100 valence electrons. The Bertz CT molecular complexity index is 253. The van der Waals surface area contributed by atoms with Crippen molar-refractivity contribution in [2.75, 3.05) is 13.1 Å². The summed E-state index contributed by atoms with van der Waals surface area (Å²) in [4.78, 5) is 11.0. The van der Waals surface area contributed by atoms with Crippen LogP contribution in [0.1, 0.15) is 52.9 Å². The molecule has 0 saturated heterocycles. The van der Waals surface area contributed by atoms with Crippen LogP contribution in [-0.2, 0) is 4.79 Å². The standard InChI is InChI=1S/C9H14O.C5H14N2/c1-7-4-8(10)6-9(2,3)5-7;6-4-2-1-3-5-7/h4H,5-6H2,1-3H3;1-7H2. The van der Waals surface area contributed by atoms with Gasteiger partial charge in [0.25, 0.3) is 0 Å². The van der Waals surface area contributed by atoms with Crippen LogP contribution in [0.4, 0.5) is 0 Å². The highest BCUT2D eigenvalue weighted by Gasteiger charge is 2.25. The first kappa shape index (κ1) is 16.3. The SMILES string of the molecule is CC1=CC(=O)CC(C)(C)C1.NCCCCCN. The van der Waals surface area contributed by atoms with Crippen molar-refractivity contribution in [1.29, 1.82) is 0 Å². The van der Waals surface area contributed by atoms with E-state index in [1.807, 2.05) is 6.92 Å². The number of ketones is 1. The molecule has 1 aliphatic rings. The molecule has 0 heterocycles. The minimum atomic E-state index is 0.204. The maximum absolute atomic E-state index is 11.0. The van der Waals surface area contributed by atoms with Crippen LogP contribution >= 0.6 is 0 Å². The van der Waals surface area contributed by atoms with Crippen LogP contribution in [0.25, 0.3) is 0 Å². The van der Waals surface area contributed by atoms with Gasteiger partial charge < -0.3 is 11.5 Å². The molecule has 1 rings (SSSR count). The number of hydrogen-bond donors (Lipinski definition) is 2. The smallest absolute Gasteiger partial charge is 0.156 e. The average molecular weight is 240 g/mol. The molecule has 0 aliphatic heterocycles. The molecule has 17 heavy (non-hydrogen) atoms. The van der Waals surface area contributed by atoms with Gasteiger partial charge in [-0.15, -0.1) is 0 Å². The Kier molecular flexibility index (Phi) is 8.09. The van der Waals surface area contributed by atoms with Gasteiger partial charge in [-0.2, -0.15) is 0 Å². The molecule has 0 aromatic rings. The van der Waals surface area contributed by atoms with Gasteiger partial charge in [0, 0.05) is 6.42 Å². The summed E-state index contributed by atoms with van der Waals surface area (Å²) < 4.78 is 0. The first-order chi connectivity index (χ1) is 7.91. The van der Waals surface area contributed by atoms with E-state index >= 15 is 0 Å². The number of hydrogen-bond acceptors (Lipinski definition) is 3. The second-order valence-electron chi connectivity index (χ2n) is 5.61. The Morgan fingerprint density at radius 1 is 1.12 bits per heavy atom. The number of nitrogens with two attached hydrogens (primary N) is 2. The maximum atomic E-state index is 11.0. The lowest BCUT2D eigenvalue weighted by Gasteiger charge is -2.27. The number of unbranched alkanes of at least 4 members (excludes halogenated alkanes) is 2. The molecule has 4 N–H and O–H groups in total. The number of rotatable bonds is 4. The molecule has 1 aliphatic carbocycles. The van der Waals surface area contributed by atoms with Crippen molar-refractivity contribution in [3.8, 4) is 0 Å². The second kappa shape index (κ2) is 8.43. The third-order valence-electron chi connectivity index (χ3n) is 2.73. The van der Waals surface area contributed by atoms with E-state index in [1.54, 1.807) is 6.08 Å². The quantitative estimate of drug-likeness (QED) is 0.741. The highest BCUT2D eigenvalue weighted by atomic mass is 16.1. The Morgan fingerprint density at radius 2 is 1.65 bits per heavy atom. The van der Waals surface area contributed by atoms with Crippen molar-refractivity contribution in [2.24, 2.45) is 16.9 Å². The van der Waals surface area contributed by atoms with E-state index in [1.165, 1.54) is 12.0 Å². The summed E-state index contributed by atoms with van der Waals surface area (Å²) in [5.74, 6) is 0.286. The molecule has 0 atom stereocenters. The van der Waals surface area contributed by atoms with Gasteiger partial charge in [-0.05, 0) is 50.8 Å². The molecule has 0 aromatic carbocycles. The summed E-state index contributed by atoms with van der Waals surface area (Å²) in [6.07, 6.45) is 6.98. The van der Waals surface area contributed by atoms with E-state index in [0.29, 0.717) is 6.42 Å². The summed E-state index contributed by atoms with van der Waals surface area (Å²) in [7, 11) is 0. The molecule has 0 amide bonds. The lowest BCUT2D eigenvalue weighted by molar-refractivity contribution is -0.117. The monoisotopic (exact) mass is 240 g/mol. The van der Waals surface area contributed by atoms with Crippen LogP contribution in [0.3, 0.4) is 0 Å². The van der Waals surface area contributed by atoms with E-state index in [-0.39, 0.29) is 11.2 Å². The van der Waals surface area contributed by atoms with E-state index in [2.05, 4.69) is 13.8 Å². The lowest BCUT2D eigenvalue weighted by Crippen LogP contribution is -2.20. The summed E-state index contributed by atoms with van der Waals surface area (Å²) in [6, 6.07) is 0. The second-order valence-corrected chi connectivity index (χ2v) is 5.61. The van der Waals surface area contributed by atoms with Crippen LogP contribution < -0.4 is 11.5 Å². The number of carbonyl (C=O) groups excluding carboxylic acids is 1. The molecular weight excluding hydrogens is 212 g/mol. The van der Waals surface area contributed by atoms with Crippen molar-refractivity contribution in [3.63, 3.8) is 0 Å². The van der Waals surface area contributed by atoms with E-state index in [4.69, 9.17) is 11.5 Å². The van der Waals surface area contributed by atoms with Crippen molar-refractivity contribution >= 4 is 5.78 Å². The topological polar surface area (TPSA) is 69.1 Å². The van der Waals surface area contributed by atoms with Gasteiger partial charge in [-0.1, -0.05) is 25.8 Å². The van der Waals surface area contributed by atoms with Gasteiger partial charge in [0.15, 0.2) is 5.78 Å². The summed E-state index contributed by atoms with van der Waals surface area (Å²) in [6.45, 7) is 7.92. The normalized spacial score (nSPS) is 18.2.